The molecule has 1 aliphatic heterocycles. The largest absolute Gasteiger partial charge is 0.432 e. The van der Waals surface area contributed by atoms with E-state index in [-0.39, 0.29) is 6.42 Å². The van der Waals surface area contributed by atoms with Crippen LogP contribution < -0.4 is 0 Å². The van der Waals surface area contributed by atoms with Crippen molar-refractivity contribution in [3.8, 4) is 0 Å². The van der Waals surface area contributed by atoms with E-state index >= 15 is 0 Å². The molecule has 1 saturated heterocycles. The average Bonchev–Trinajstić information content (AvgIpc) is 2.25. The average molecular weight is 215 g/mol. The first-order valence-corrected chi connectivity index (χ1v) is 4.37. The minimum Gasteiger partial charge on any atom is -0.432 e. The van der Waals surface area contributed by atoms with Crippen LogP contribution in [0.5, 0.6) is 0 Å². The quantitative estimate of drug-likeness (QED) is 0.385. The van der Waals surface area contributed by atoms with Gasteiger partial charge in [-0.2, -0.15) is 4.99 Å². The summed E-state index contributed by atoms with van der Waals surface area (Å²) in [6.07, 6.45) is -1.05. The lowest BCUT2D eigenvalue weighted by Crippen LogP contribution is -2.22. The Bertz CT molecular complexity index is 319. The molecule has 14 heavy (non-hydrogen) atoms. The molecule has 1 unspecified atom stereocenters. The van der Waals surface area contributed by atoms with Gasteiger partial charge in [0.2, 0.25) is 5.79 Å². The number of thiocarbonyl (C=S) groups is 1. The Hall–Kier alpha value is -1.10. The van der Waals surface area contributed by atoms with Crippen molar-refractivity contribution in [3.05, 3.63) is 0 Å². The predicted octanol–water partition coefficient (Wildman–Crippen LogP) is 0.684. The van der Waals surface area contributed by atoms with Gasteiger partial charge in [-0.25, -0.2) is 4.79 Å². The van der Waals surface area contributed by atoms with Gasteiger partial charge in [0.25, 0.3) is 5.91 Å². The number of isothiocyanates is 1. The molecule has 1 fully saturated rings. The Morgan fingerprint density at radius 3 is 2.79 bits per heavy atom. The zero-order valence-electron chi connectivity index (χ0n) is 7.77. The lowest BCUT2D eigenvalue weighted by Gasteiger charge is -2.14. The number of nitrogens with zero attached hydrogens (tertiary/aromatic N) is 1. The van der Waals surface area contributed by atoms with Gasteiger partial charge in [0.1, 0.15) is 0 Å². The molecule has 76 valence electrons. The molecular weight excluding hydrogens is 206 g/mol. The third-order valence-electron chi connectivity index (χ3n) is 1.57. The number of rotatable bonds is 2. The van der Waals surface area contributed by atoms with E-state index in [0.717, 1.165) is 0 Å². The highest BCUT2D eigenvalue weighted by Crippen LogP contribution is 2.25. The number of cyclic esters (lactones) is 1. The highest BCUT2D eigenvalue weighted by atomic mass is 32.1. The van der Waals surface area contributed by atoms with Crippen LogP contribution in [0.3, 0.4) is 0 Å². The molecule has 1 amide bonds. The van der Waals surface area contributed by atoms with Gasteiger partial charge >= 0.3 is 5.97 Å². The van der Waals surface area contributed by atoms with Crippen molar-refractivity contribution in [2.75, 3.05) is 0 Å². The normalized spacial score (nSPS) is 23.9. The molecule has 0 aromatic heterocycles. The van der Waals surface area contributed by atoms with Gasteiger partial charge < -0.3 is 9.47 Å². The van der Waals surface area contributed by atoms with E-state index in [2.05, 4.69) is 17.2 Å². The van der Waals surface area contributed by atoms with Gasteiger partial charge in [-0.3, -0.25) is 4.79 Å². The van der Waals surface area contributed by atoms with Crippen LogP contribution in [0.15, 0.2) is 4.99 Å². The number of ether oxygens (including phenoxy) is 2. The molecule has 0 aliphatic carbocycles. The van der Waals surface area contributed by atoms with Crippen LogP contribution in [0.1, 0.15) is 20.3 Å². The van der Waals surface area contributed by atoms with Crippen molar-refractivity contribution in [2.45, 2.75) is 32.2 Å². The van der Waals surface area contributed by atoms with Crippen LogP contribution in [0, 0.1) is 0 Å². The molecule has 6 heteroatoms. The first-order chi connectivity index (χ1) is 6.44. The number of aliphatic imine (C=N–C) groups is 1. The SMILES string of the molecule is CC1(C)OC(=O)C(CC(=O)N=C=S)O1. The number of carbonyl (C=O) groups excluding carboxylic acids is 2. The Labute approximate surface area is 86.1 Å². The van der Waals surface area contributed by atoms with E-state index in [9.17, 15) is 9.59 Å². The van der Waals surface area contributed by atoms with E-state index in [1.807, 2.05) is 5.16 Å². The van der Waals surface area contributed by atoms with Gasteiger partial charge in [-0.05, 0) is 12.2 Å². The fourth-order valence-corrected chi connectivity index (χ4v) is 1.20. The van der Waals surface area contributed by atoms with Crippen LogP contribution in [0.25, 0.3) is 0 Å². The monoisotopic (exact) mass is 215 g/mol. The van der Waals surface area contributed by atoms with Gasteiger partial charge in [0.15, 0.2) is 6.10 Å². The van der Waals surface area contributed by atoms with Gasteiger partial charge in [-0.1, -0.05) is 0 Å². The molecule has 0 spiro atoms. The van der Waals surface area contributed by atoms with Gasteiger partial charge in [0.05, 0.1) is 11.6 Å². The molecule has 0 saturated carbocycles. The molecule has 1 atom stereocenters. The van der Waals surface area contributed by atoms with Crippen molar-refractivity contribution in [1.82, 2.24) is 0 Å². The summed E-state index contributed by atoms with van der Waals surface area (Å²) >= 11 is 4.25. The lowest BCUT2D eigenvalue weighted by molar-refractivity contribution is -0.160. The number of hydrogen-bond acceptors (Lipinski definition) is 5. The van der Waals surface area contributed by atoms with Crippen molar-refractivity contribution < 1.29 is 19.1 Å². The summed E-state index contributed by atoms with van der Waals surface area (Å²) in [5.41, 5.74) is 0. The van der Waals surface area contributed by atoms with Crippen molar-refractivity contribution in [1.29, 1.82) is 0 Å². The topological polar surface area (TPSA) is 65.0 Å². The molecule has 0 radical (unpaired) electrons. The Morgan fingerprint density at radius 2 is 2.36 bits per heavy atom. The number of hydrogen-bond donors (Lipinski definition) is 0. The maximum absolute atomic E-state index is 11.1. The van der Waals surface area contributed by atoms with E-state index in [4.69, 9.17) is 9.47 Å². The van der Waals surface area contributed by atoms with Crippen LogP contribution in [0.2, 0.25) is 0 Å². The molecule has 0 aromatic carbocycles. The van der Waals surface area contributed by atoms with E-state index in [1.54, 1.807) is 13.8 Å². The second kappa shape index (κ2) is 3.96. The van der Waals surface area contributed by atoms with E-state index < -0.39 is 23.8 Å². The first-order valence-electron chi connectivity index (χ1n) is 3.96. The van der Waals surface area contributed by atoms with Crippen molar-refractivity contribution >= 4 is 29.3 Å². The second-order valence-corrected chi connectivity index (χ2v) is 3.41. The summed E-state index contributed by atoms with van der Waals surface area (Å²) in [5.74, 6) is -2.06. The minimum atomic E-state index is -0.969. The fraction of sp³-hybridized carbons (Fsp3) is 0.625. The first kappa shape index (κ1) is 11.0. The third-order valence-corrected chi connectivity index (χ3v) is 1.66. The Balaban J connectivity index is 2.59. The number of amides is 1. The molecule has 1 heterocycles. The molecular formula is C8H9NO4S. The summed E-state index contributed by atoms with van der Waals surface area (Å²) in [5, 5.41) is 1.93. The van der Waals surface area contributed by atoms with E-state index in [1.165, 1.54) is 0 Å². The Morgan fingerprint density at radius 1 is 1.71 bits per heavy atom. The van der Waals surface area contributed by atoms with Gasteiger partial charge in [-0.15, -0.1) is 0 Å². The maximum Gasteiger partial charge on any atom is 0.338 e. The standard InChI is InChI=1S/C8H9NO4S/c1-8(2)12-5(7(11)13-8)3-6(10)9-4-14/h5H,3H2,1-2H3. The summed E-state index contributed by atoms with van der Waals surface area (Å²) < 4.78 is 10.0. The minimum absolute atomic E-state index is 0.161. The van der Waals surface area contributed by atoms with Crippen molar-refractivity contribution in [2.24, 2.45) is 4.99 Å². The highest BCUT2D eigenvalue weighted by Gasteiger charge is 2.41. The number of carbonyl (C=O) groups is 2. The molecule has 1 rings (SSSR count). The molecule has 5 nitrogen and oxygen atoms in total. The van der Waals surface area contributed by atoms with Crippen molar-refractivity contribution in [3.63, 3.8) is 0 Å². The molecule has 0 N–H and O–H groups in total. The summed E-state index contributed by atoms with van der Waals surface area (Å²) in [6.45, 7) is 3.19. The molecule has 0 bridgehead atoms. The van der Waals surface area contributed by atoms with Crippen LogP contribution in [0.4, 0.5) is 0 Å². The Kier molecular flexibility index (Phi) is 3.10. The number of esters is 1. The van der Waals surface area contributed by atoms with Gasteiger partial charge in [0, 0.05) is 13.8 Å². The molecule has 0 aromatic rings. The summed E-state index contributed by atoms with van der Waals surface area (Å²) in [6, 6.07) is 0. The zero-order chi connectivity index (χ0) is 10.8. The fourth-order valence-electron chi connectivity index (χ4n) is 1.10. The smallest absolute Gasteiger partial charge is 0.338 e. The summed E-state index contributed by atoms with van der Waals surface area (Å²) in [4.78, 5) is 25.3. The van der Waals surface area contributed by atoms with E-state index in [0.29, 0.717) is 0 Å². The maximum atomic E-state index is 11.1. The van der Waals surface area contributed by atoms with Crippen LogP contribution >= 0.6 is 12.2 Å². The molecule has 1 aliphatic rings. The summed E-state index contributed by atoms with van der Waals surface area (Å²) in [7, 11) is 0. The third kappa shape index (κ3) is 2.70. The van der Waals surface area contributed by atoms with Crippen LogP contribution in [-0.2, 0) is 19.1 Å². The zero-order valence-corrected chi connectivity index (χ0v) is 8.59. The highest BCUT2D eigenvalue weighted by molar-refractivity contribution is 7.78. The lowest BCUT2D eigenvalue weighted by atomic mass is 10.2. The van der Waals surface area contributed by atoms with Crippen LogP contribution in [-0.4, -0.2) is 28.9 Å². The predicted molar refractivity (Wildman–Crippen MR) is 49.7 cm³/mol. The second-order valence-electron chi connectivity index (χ2n) is 3.23.